The van der Waals surface area contributed by atoms with Crippen molar-refractivity contribution in [2.45, 2.75) is 25.4 Å². The molecule has 3 heterocycles. The average Bonchev–Trinajstić information content (AvgIpc) is 3.23. The van der Waals surface area contributed by atoms with Gasteiger partial charge in [-0.3, -0.25) is 4.79 Å². The van der Waals surface area contributed by atoms with Crippen molar-refractivity contribution in [3.63, 3.8) is 0 Å². The normalized spacial score (nSPS) is 20.8. The lowest BCUT2D eigenvalue weighted by Crippen LogP contribution is -2.42. The van der Waals surface area contributed by atoms with Gasteiger partial charge in [-0.2, -0.15) is 0 Å². The largest absolute Gasteiger partial charge is 0.465 e. The summed E-state index contributed by atoms with van der Waals surface area (Å²) in [6.07, 6.45) is 0.436. The number of urea groups is 1. The van der Waals surface area contributed by atoms with E-state index >= 15 is 0 Å². The van der Waals surface area contributed by atoms with E-state index in [9.17, 15) is 14.4 Å². The Kier molecular flexibility index (Phi) is 3.74. The van der Waals surface area contributed by atoms with Gasteiger partial charge in [0.05, 0.1) is 24.4 Å². The molecule has 1 N–H and O–H groups in total. The maximum Gasteiger partial charge on any atom is 0.339 e. The molecule has 0 saturated carbocycles. The second-order valence-corrected chi connectivity index (χ2v) is 7.33. The first-order valence-corrected chi connectivity index (χ1v) is 9.46. The topological polar surface area (TPSA) is 82.7 Å². The molecular weight excluding hydrogens is 370 g/mol. The minimum Gasteiger partial charge on any atom is -0.465 e. The highest BCUT2D eigenvalue weighted by molar-refractivity contribution is 6.23. The number of rotatable bonds is 2. The highest BCUT2D eigenvalue weighted by atomic mass is 16.5. The van der Waals surface area contributed by atoms with Crippen LogP contribution in [0, 0.1) is 0 Å². The van der Waals surface area contributed by atoms with Gasteiger partial charge in [0.2, 0.25) is 0 Å². The van der Waals surface area contributed by atoms with Crippen LogP contribution in [0.4, 0.5) is 10.5 Å². The van der Waals surface area contributed by atoms with Gasteiger partial charge in [0.15, 0.2) is 0 Å². The summed E-state index contributed by atoms with van der Waals surface area (Å²) in [7, 11) is 1.27. The Balaban J connectivity index is 1.60. The molecule has 0 bridgehead atoms. The summed E-state index contributed by atoms with van der Waals surface area (Å²) in [5.41, 5.74) is 3.46. The number of nitrogens with one attached hydrogen (secondary N) is 1. The average molecular weight is 389 g/mol. The fraction of sp³-hybridized carbons (Fsp3) is 0.227. The number of esters is 1. The Morgan fingerprint density at radius 2 is 1.83 bits per heavy atom. The molecule has 5 rings (SSSR count). The summed E-state index contributed by atoms with van der Waals surface area (Å²) >= 11 is 0. The molecule has 0 aliphatic carbocycles. The lowest BCUT2D eigenvalue weighted by atomic mass is 9.93. The van der Waals surface area contributed by atoms with Crippen LogP contribution < -0.4 is 4.90 Å². The molecule has 1 fully saturated rings. The number of para-hydroxylation sites is 2. The van der Waals surface area contributed by atoms with Crippen LogP contribution in [-0.2, 0) is 16.0 Å². The predicted octanol–water partition coefficient (Wildman–Crippen LogP) is 3.41. The van der Waals surface area contributed by atoms with Gasteiger partial charge in [-0.15, -0.1) is 0 Å². The number of amides is 3. The SMILES string of the molecule is COC(=O)c1ccccc1N1C(=O)C2Cc3c([nH]c4ccccc34)C(C)N2C1=O. The van der Waals surface area contributed by atoms with Crippen LogP contribution in [0.2, 0.25) is 0 Å². The summed E-state index contributed by atoms with van der Waals surface area (Å²) in [6.45, 7) is 1.92. The number of nitrogens with zero attached hydrogens (tertiary/aromatic N) is 2. The zero-order valence-corrected chi connectivity index (χ0v) is 16.0. The van der Waals surface area contributed by atoms with Crippen molar-refractivity contribution in [3.8, 4) is 0 Å². The quantitative estimate of drug-likeness (QED) is 0.538. The highest BCUT2D eigenvalue weighted by Gasteiger charge is 2.52. The van der Waals surface area contributed by atoms with Gasteiger partial charge >= 0.3 is 12.0 Å². The van der Waals surface area contributed by atoms with E-state index in [0.717, 1.165) is 27.1 Å². The fourth-order valence-electron chi connectivity index (χ4n) is 4.54. The molecule has 0 radical (unpaired) electrons. The van der Waals surface area contributed by atoms with Gasteiger partial charge in [0.1, 0.15) is 6.04 Å². The summed E-state index contributed by atoms with van der Waals surface area (Å²) in [5.74, 6) is -0.913. The van der Waals surface area contributed by atoms with Crippen molar-refractivity contribution in [1.82, 2.24) is 9.88 Å². The summed E-state index contributed by atoms with van der Waals surface area (Å²) < 4.78 is 4.83. The molecule has 2 atom stereocenters. The predicted molar refractivity (Wildman–Crippen MR) is 107 cm³/mol. The first-order valence-electron chi connectivity index (χ1n) is 9.46. The van der Waals surface area contributed by atoms with Crippen molar-refractivity contribution in [3.05, 3.63) is 65.4 Å². The highest BCUT2D eigenvalue weighted by Crippen LogP contribution is 2.42. The summed E-state index contributed by atoms with van der Waals surface area (Å²) in [6, 6.07) is 13.1. The minimum absolute atomic E-state index is 0.188. The Morgan fingerprint density at radius 3 is 2.62 bits per heavy atom. The van der Waals surface area contributed by atoms with Crippen molar-refractivity contribution in [2.24, 2.45) is 0 Å². The fourth-order valence-corrected chi connectivity index (χ4v) is 4.54. The molecule has 7 nitrogen and oxygen atoms in total. The van der Waals surface area contributed by atoms with E-state index < -0.39 is 18.0 Å². The summed E-state index contributed by atoms with van der Waals surface area (Å²) in [5, 5.41) is 1.07. The molecule has 1 saturated heterocycles. The van der Waals surface area contributed by atoms with Gasteiger partial charge in [-0.25, -0.2) is 14.5 Å². The first kappa shape index (κ1) is 17.5. The number of anilines is 1. The van der Waals surface area contributed by atoms with Crippen LogP contribution in [0.1, 0.15) is 34.6 Å². The molecule has 146 valence electrons. The second-order valence-electron chi connectivity index (χ2n) is 7.33. The molecule has 2 aromatic carbocycles. The van der Waals surface area contributed by atoms with E-state index in [4.69, 9.17) is 4.74 Å². The smallest absolute Gasteiger partial charge is 0.339 e. The van der Waals surface area contributed by atoms with Gasteiger partial charge < -0.3 is 14.6 Å². The van der Waals surface area contributed by atoms with Crippen molar-refractivity contribution in [1.29, 1.82) is 0 Å². The number of fused-ring (bicyclic) bond motifs is 4. The molecule has 0 spiro atoms. The van der Waals surface area contributed by atoms with Crippen molar-refractivity contribution >= 4 is 34.5 Å². The first-order chi connectivity index (χ1) is 14.0. The van der Waals surface area contributed by atoms with Gasteiger partial charge in [-0.05, 0) is 30.7 Å². The zero-order chi connectivity index (χ0) is 20.3. The molecule has 2 aliphatic rings. The zero-order valence-electron chi connectivity index (χ0n) is 16.0. The van der Waals surface area contributed by atoms with Crippen LogP contribution in [0.5, 0.6) is 0 Å². The number of hydrogen-bond acceptors (Lipinski definition) is 4. The maximum atomic E-state index is 13.3. The lowest BCUT2D eigenvalue weighted by Gasteiger charge is -2.33. The third-order valence-electron chi connectivity index (χ3n) is 5.88. The monoisotopic (exact) mass is 389 g/mol. The van der Waals surface area contributed by atoms with Crippen LogP contribution in [0.15, 0.2) is 48.5 Å². The number of methoxy groups -OCH3 is 1. The van der Waals surface area contributed by atoms with Gasteiger partial charge in [0, 0.05) is 23.0 Å². The van der Waals surface area contributed by atoms with E-state index in [1.807, 2.05) is 31.2 Å². The molecule has 1 aromatic heterocycles. The van der Waals surface area contributed by atoms with Crippen LogP contribution in [-0.4, -0.2) is 40.9 Å². The maximum absolute atomic E-state index is 13.3. The summed E-state index contributed by atoms with van der Waals surface area (Å²) in [4.78, 5) is 44.9. The number of aromatic amines is 1. The molecule has 3 amide bonds. The number of aromatic nitrogens is 1. The van der Waals surface area contributed by atoms with Crippen LogP contribution in [0.25, 0.3) is 10.9 Å². The third-order valence-corrected chi connectivity index (χ3v) is 5.88. The molecular formula is C22H19N3O4. The Bertz CT molecular complexity index is 1180. The molecule has 2 aliphatic heterocycles. The van der Waals surface area contributed by atoms with Crippen LogP contribution in [0.3, 0.4) is 0 Å². The third kappa shape index (κ3) is 2.33. The number of H-pyrrole nitrogens is 1. The standard InChI is InChI=1S/C22H19N3O4/c1-12-19-15(13-7-3-5-9-16(13)23-19)11-18-20(26)25(22(28)24(12)18)17-10-6-4-8-14(17)21(27)29-2/h3-10,12,18,23H,11H2,1-2H3. The number of carbonyl (C=O) groups excluding carboxylic acids is 3. The van der Waals surface area contributed by atoms with Crippen molar-refractivity contribution in [2.75, 3.05) is 12.0 Å². The Morgan fingerprint density at radius 1 is 1.10 bits per heavy atom. The van der Waals surface area contributed by atoms with E-state index in [2.05, 4.69) is 4.98 Å². The number of ether oxygens (including phenoxy) is 1. The Hall–Kier alpha value is -3.61. The van der Waals surface area contributed by atoms with E-state index in [-0.39, 0.29) is 23.2 Å². The van der Waals surface area contributed by atoms with Crippen molar-refractivity contribution < 1.29 is 19.1 Å². The lowest BCUT2D eigenvalue weighted by molar-refractivity contribution is -0.120. The molecule has 7 heteroatoms. The molecule has 2 unspecified atom stereocenters. The van der Waals surface area contributed by atoms with Gasteiger partial charge in [0.25, 0.3) is 5.91 Å². The number of carbonyl (C=O) groups is 3. The minimum atomic E-state index is -0.602. The number of imide groups is 1. The van der Waals surface area contributed by atoms with E-state index in [0.29, 0.717) is 6.42 Å². The second kappa shape index (κ2) is 6.20. The van der Waals surface area contributed by atoms with Gasteiger partial charge in [-0.1, -0.05) is 30.3 Å². The molecule has 3 aromatic rings. The Labute approximate surface area is 166 Å². The van der Waals surface area contributed by atoms with E-state index in [1.165, 1.54) is 7.11 Å². The van der Waals surface area contributed by atoms with E-state index in [1.54, 1.807) is 29.2 Å². The number of hydrogen-bond donors (Lipinski definition) is 1. The van der Waals surface area contributed by atoms with Crippen LogP contribution >= 0.6 is 0 Å². The molecule has 29 heavy (non-hydrogen) atoms. The number of benzene rings is 2.